The van der Waals surface area contributed by atoms with E-state index in [1.54, 1.807) is 30.3 Å². The topological polar surface area (TPSA) is 120 Å². The standard InChI is InChI=1S/C20H22ClN3O5/c1-28-14-7-9-17(29-2)16(11-14)24-20(27)15(8-10-18(22)25)23-19(26)12-3-5-13(21)6-4-12/h3-7,9,11,15H,8,10H2,1-2H3,(H2,22,25)(H,23,26)(H,24,27). The summed E-state index contributed by atoms with van der Waals surface area (Å²) in [5.41, 5.74) is 5.89. The molecule has 0 aliphatic rings. The van der Waals surface area contributed by atoms with Gasteiger partial charge in [-0.25, -0.2) is 0 Å². The van der Waals surface area contributed by atoms with Crippen molar-refractivity contribution in [3.63, 3.8) is 0 Å². The molecular weight excluding hydrogens is 398 g/mol. The third kappa shape index (κ3) is 6.39. The molecule has 0 aliphatic heterocycles. The summed E-state index contributed by atoms with van der Waals surface area (Å²) in [6, 6.07) is 10.1. The molecule has 0 spiro atoms. The molecule has 0 saturated heterocycles. The van der Waals surface area contributed by atoms with Crippen LogP contribution in [0.15, 0.2) is 42.5 Å². The monoisotopic (exact) mass is 419 g/mol. The van der Waals surface area contributed by atoms with Gasteiger partial charge in [0.05, 0.1) is 19.9 Å². The van der Waals surface area contributed by atoms with Crippen LogP contribution < -0.4 is 25.8 Å². The maximum atomic E-state index is 12.8. The zero-order valence-electron chi connectivity index (χ0n) is 16.0. The first-order valence-corrected chi connectivity index (χ1v) is 9.09. The predicted octanol–water partition coefficient (Wildman–Crippen LogP) is 2.36. The minimum absolute atomic E-state index is 0.0345. The fourth-order valence-corrected chi connectivity index (χ4v) is 2.66. The van der Waals surface area contributed by atoms with Gasteiger partial charge in [0, 0.05) is 23.1 Å². The SMILES string of the molecule is COc1ccc(OC)c(NC(=O)C(CCC(N)=O)NC(=O)c2ccc(Cl)cc2)c1. The van der Waals surface area contributed by atoms with Crippen molar-refractivity contribution < 1.29 is 23.9 Å². The molecule has 0 heterocycles. The summed E-state index contributed by atoms with van der Waals surface area (Å²) in [5.74, 6) is -0.664. The minimum Gasteiger partial charge on any atom is -0.497 e. The van der Waals surface area contributed by atoms with Crippen LogP contribution in [0.2, 0.25) is 5.02 Å². The zero-order valence-corrected chi connectivity index (χ0v) is 16.8. The minimum atomic E-state index is -0.999. The van der Waals surface area contributed by atoms with Crippen molar-refractivity contribution in [3.8, 4) is 11.5 Å². The second-order valence-corrected chi connectivity index (χ2v) is 6.53. The molecule has 0 aromatic heterocycles. The van der Waals surface area contributed by atoms with Gasteiger partial charge >= 0.3 is 0 Å². The van der Waals surface area contributed by atoms with Crippen molar-refractivity contribution in [2.75, 3.05) is 19.5 Å². The molecule has 2 aromatic carbocycles. The van der Waals surface area contributed by atoms with Crippen LogP contribution in [-0.2, 0) is 9.59 Å². The lowest BCUT2D eigenvalue weighted by Crippen LogP contribution is -2.44. The third-order valence-electron chi connectivity index (χ3n) is 4.07. The Labute approximate surface area is 173 Å². The number of ether oxygens (including phenoxy) is 2. The Morgan fingerprint density at radius 1 is 1.07 bits per heavy atom. The molecule has 0 bridgehead atoms. The van der Waals surface area contributed by atoms with Gasteiger partial charge in [0.15, 0.2) is 0 Å². The van der Waals surface area contributed by atoms with Gasteiger partial charge in [-0.3, -0.25) is 14.4 Å². The molecule has 9 heteroatoms. The van der Waals surface area contributed by atoms with E-state index in [2.05, 4.69) is 10.6 Å². The Bertz CT molecular complexity index is 886. The van der Waals surface area contributed by atoms with Crippen molar-refractivity contribution >= 4 is 35.0 Å². The molecule has 0 fully saturated rings. The number of hydrogen-bond donors (Lipinski definition) is 3. The number of methoxy groups -OCH3 is 2. The van der Waals surface area contributed by atoms with Crippen molar-refractivity contribution in [1.29, 1.82) is 0 Å². The number of rotatable bonds is 9. The number of carbonyl (C=O) groups is 3. The van der Waals surface area contributed by atoms with Crippen LogP contribution >= 0.6 is 11.6 Å². The van der Waals surface area contributed by atoms with Crippen LogP contribution in [0.1, 0.15) is 23.2 Å². The second-order valence-electron chi connectivity index (χ2n) is 6.09. The van der Waals surface area contributed by atoms with Crippen LogP contribution in [0.5, 0.6) is 11.5 Å². The van der Waals surface area contributed by atoms with Crippen molar-refractivity contribution in [1.82, 2.24) is 5.32 Å². The number of anilines is 1. The first-order chi connectivity index (χ1) is 13.8. The average molecular weight is 420 g/mol. The number of hydrogen-bond acceptors (Lipinski definition) is 5. The summed E-state index contributed by atoms with van der Waals surface area (Å²) in [7, 11) is 2.96. The lowest BCUT2D eigenvalue weighted by Gasteiger charge is -2.19. The van der Waals surface area contributed by atoms with E-state index in [9.17, 15) is 14.4 Å². The zero-order chi connectivity index (χ0) is 21.4. The first-order valence-electron chi connectivity index (χ1n) is 8.71. The molecular formula is C20H22ClN3O5. The number of halogens is 1. The van der Waals surface area contributed by atoms with Crippen molar-refractivity contribution in [2.24, 2.45) is 5.73 Å². The molecule has 0 saturated carbocycles. The smallest absolute Gasteiger partial charge is 0.251 e. The number of benzene rings is 2. The summed E-state index contributed by atoms with van der Waals surface area (Å²) in [6.07, 6.45) is -0.0407. The summed E-state index contributed by atoms with van der Waals surface area (Å²) in [5, 5.41) is 5.80. The van der Waals surface area contributed by atoms with E-state index in [1.165, 1.54) is 26.4 Å². The summed E-state index contributed by atoms with van der Waals surface area (Å²) < 4.78 is 10.4. The van der Waals surface area contributed by atoms with E-state index < -0.39 is 23.8 Å². The van der Waals surface area contributed by atoms with Crippen LogP contribution in [0.3, 0.4) is 0 Å². The predicted molar refractivity (Wildman–Crippen MR) is 109 cm³/mol. The van der Waals surface area contributed by atoms with Gasteiger partial charge < -0.3 is 25.8 Å². The van der Waals surface area contributed by atoms with E-state index in [0.29, 0.717) is 27.8 Å². The Morgan fingerprint density at radius 3 is 2.34 bits per heavy atom. The third-order valence-corrected chi connectivity index (χ3v) is 4.32. The Kier molecular flexibility index (Phi) is 7.85. The molecule has 4 N–H and O–H groups in total. The van der Waals surface area contributed by atoms with Gasteiger partial charge in [-0.2, -0.15) is 0 Å². The number of carbonyl (C=O) groups excluding carboxylic acids is 3. The van der Waals surface area contributed by atoms with E-state index in [-0.39, 0.29) is 12.8 Å². The van der Waals surface area contributed by atoms with Gasteiger partial charge in [-0.1, -0.05) is 11.6 Å². The molecule has 0 radical (unpaired) electrons. The molecule has 3 amide bonds. The maximum absolute atomic E-state index is 12.8. The number of primary amides is 1. The second kappa shape index (κ2) is 10.3. The number of nitrogens with two attached hydrogens (primary N) is 1. The molecule has 2 aromatic rings. The van der Waals surface area contributed by atoms with Gasteiger partial charge in [-0.15, -0.1) is 0 Å². The highest BCUT2D eigenvalue weighted by Gasteiger charge is 2.23. The highest BCUT2D eigenvalue weighted by atomic mass is 35.5. The average Bonchev–Trinajstić information content (AvgIpc) is 2.71. The molecule has 29 heavy (non-hydrogen) atoms. The highest BCUT2D eigenvalue weighted by Crippen LogP contribution is 2.29. The quantitative estimate of drug-likeness (QED) is 0.576. The van der Waals surface area contributed by atoms with Crippen molar-refractivity contribution in [3.05, 3.63) is 53.1 Å². The number of amides is 3. The largest absolute Gasteiger partial charge is 0.497 e. The molecule has 154 valence electrons. The van der Waals surface area contributed by atoms with Gasteiger partial charge in [0.25, 0.3) is 5.91 Å². The molecule has 1 unspecified atom stereocenters. The van der Waals surface area contributed by atoms with Crippen LogP contribution in [0.4, 0.5) is 5.69 Å². The molecule has 2 rings (SSSR count). The van der Waals surface area contributed by atoms with E-state index in [4.69, 9.17) is 26.8 Å². The van der Waals surface area contributed by atoms with E-state index in [0.717, 1.165) is 0 Å². The molecule has 0 aliphatic carbocycles. The summed E-state index contributed by atoms with van der Waals surface area (Å²) >= 11 is 5.83. The van der Waals surface area contributed by atoms with Gasteiger partial charge in [0.1, 0.15) is 17.5 Å². The Morgan fingerprint density at radius 2 is 1.76 bits per heavy atom. The summed E-state index contributed by atoms with van der Waals surface area (Å²) in [4.78, 5) is 36.5. The van der Waals surface area contributed by atoms with Crippen LogP contribution in [0, 0.1) is 0 Å². The highest BCUT2D eigenvalue weighted by molar-refractivity contribution is 6.30. The van der Waals surface area contributed by atoms with E-state index >= 15 is 0 Å². The Balaban J connectivity index is 2.20. The lowest BCUT2D eigenvalue weighted by molar-refractivity contribution is -0.119. The van der Waals surface area contributed by atoms with E-state index in [1.807, 2.05) is 0 Å². The fourth-order valence-electron chi connectivity index (χ4n) is 2.53. The van der Waals surface area contributed by atoms with Crippen LogP contribution in [-0.4, -0.2) is 38.0 Å². The maximum Gasteiger partial charge on any atom is 0.251 e. The fraction of sp³-hybridized carbons (Fsp3) is 0.250. The van der Waals surface area contributed by atoms with Gasteiger partial charge in [0.2, 0.25) is 11.8 Å². The van der Waals surface area contributed by atoms with Gasteiger partial charge in [-0.05, 0) is 42.8 Å². The lowest BCUT2D eigenvalue weighted by atomic mass is 10.1. The summed E-state index contributed by atoms with van der Waals surface area (Å²) in [6.45, 7) is 0. The molecule has 8 nitrogen and oxygen atoms in total. The normalized spacial score (nSPS) is 11.3. The molecule has 1 atom stereocenters. The first kappa shape index (κ1) is 22.0. The van der Waals surface area contributed by atoms with Crippen LogP contribution in [0.25, 0.3) is 0 Å². The Hall–Kier alpha value is -3.26. The van der Waals surface area contributed by atoms with Crippen molar-refractivity contribution in [2.45, 2.75) is 18.9 Å². The number of nitrogens with one attached hydrogen (secondary N) is 2.